The first-order valence-electron chi connectivity index (χ1n) is 5.92. The molecule has 3 N–H and O–H groups in total. The van der Waals surface area contributed by atoms with E-state index in [0.717, 1.165) is 37.3 Å². The molecule has 3 nitrogen and oxygen atoms in total. The van der Waals surface area contributed by atoms with Gasteiger partial charge in [-0.3, -0.25) is 4.79 Å². The topological polar surface area (TPSA) is 55.1 Å². The number of hydrogen-bond donors (Lipinski definition) is 2. The summed E-state index contributed by atoms with van der Waals surface area (Å²) >= 11 is 5.83. The summed E-state index contributed by atoms with van der Waals surface area (Å²) in [5, 5.41) is 3.98. The van der Waals surface area contributed by atoms with E-state index in [1.807, 2.05) is 24.3 Å². The number of primary amides is 1. The molecule has 1 amide bonds. The van der Waals surface area contributed by atoms with E-state index in [0.29, 0.717) is 0 Å². The van der Waals surface area contributed by atoms with Gasteiger partial charge in [0.1, 0.15) is 0 Å². The molecule has 0 spiro atoms. The monoisotopic (exact) mass is 252 g/mol. The van der Waals surface area contributed by atoms with Crippen molar-refractivity contribution in [3.8, 4) is 0 Å². The van der Waals surface area contributed by atoms with Crippen LogP contribution < -0.4 is 11.1 Å². The summed E-state index contributed by atoms with van der Waals surface area (Å²) in [6.07, 6.45) is 3.45. The second kappa shape index (κ2) is 5.07. The highest BCUT2D eigenvalue weighted by atomic mass is 35.5. The van der Waals surface area contributed by atoms with Gasteiger partial charge in [0.25, 0.3) is 0 Å². The molecule has 0 bridgehead atoms. The number of hydrogen-bond acceptors (Lipinski definition) is 2. The molecule has 1 aromatic rings. The van der Waals surface area contributed by atoms with E-state index in [4.69, 9.17) is 17.3 Å². The fourth-order valence-electron chi connectivity index (χ4n) is 2.36. The summed E-state index contributed by atoms with van der Waals surface area (Å²) in [5.74, 6) is -0.232. The van der Waals surface area contributed by atoms with E-state index in [2.05, 4.69) is 5.32 Å². The molecule has 1 atom stereocenters. The first-order chi connectivity index (χ1) is 8.12. The molecule has 1 aliphatic heterocycles. The molecule has 92 valence electrons. The minimum atomic E-state index is -0.500. The average molecular weight is 253 g/mol. The van der Waals surface area contributed by atoms with E-state index in [1.54, 1.807) is 0 Å². The Morgan fingerprint density at radius 2 is 2.12 bits per heavy atom. The first kappa shape index (κ1) is 12.4. The van der Waals surface area contributed by atoms with Crippen LogP contribution in [-0.4, -0.2) is 18.0 Å². The average Bonchev–Trinajstić information content (AvgIpc) is 2.78. The second-order valence-electron chi connectivity index (χ2n) is 4.60. The SMILES string of the molecule is NC(=O)C1(CCc2ccc(Cl)cc2)CCCN1. The predicted octanol–water partition coefficient (Wildman–Crippen LogP) is 1.88. The Morgan fingerprint density at radius 3 is 2.65 bits per heavy atom. The normalized spacial score (nSPS) is 23.8. The van der Waals surface area contributed by atoms with Crippen LogP contribution in [0.1, 0.15) is 24.8 Å². The minimum absolute atomic E-state index is 0.232. The van der Waals surface area contributed by atoms with Crippen LogP contribution in [0.3, 0.4) is 0 Å². The fraction of sp³-hybridized carbons (Fsp3) is 0.462. The number of nitrogens with one attached hydrogen (secondary N) is 1. The zero-order chi connectivity index (χ0) is 12.3. The third-order valence-corrected chi connectivity index (χ3v) is 3.72. The van der Waals surface area contributed by atoms with Crippen molar-refractivity contribution < 1.29 is 4.79 Å². The van der Waals surface area contributed by atoms with Crippen LogP contribution in [0.5, 0.6) is 0 Å². The highest BCUT2D eigenvalue weighted by Crippen LogP contribution is 2.25. The molecule has 2 rings (SSSR count). The lowest BCUT2D eigenvalue weighted by Gasteiger charge is -2.25. The van der Waals surface area contributed by atoms with Gasteiger partial charge in [-0.25, -0.2) is 0 Å². The van der Waals surface area contributed by atoms with Crippen molar-refractivity contribution in [1.82, 2.24) is 5.32 Å². The van der Waals surface area contributed by atoms with Crippen LogP contribution in [0.2, 0.25) is 5.02 Å². The largest absolute Gasteiger partial charge is 0.368 e. The van der Waals surface area contributed by atoms with Crippen molar-refractivity contribution in [2.24, 2.45) is 5.73 Å². The van der Waals surface area contributed by atoms with Crippen molar-refractivity contribution in [2.45, 2.75) is 31.2 Å². The van der Waals surface area contributed by atoms with Gasteiger partial charge in [0.2, 0.25) is 5.91 Å². The Kier molecular flexibility index (Phi) is 3.69. The molecule has 1 aliphatic rings. The number of carbonyl (C=O) groups is 1. The Labute approximate surface area is 106 Å². The first-order valence-corrected chi connectivity index (χ1v) is 6.30. The summed E-state index contributed by atoms with van der Waals surface area (Å²) in [4.78, 5) is 11.5. The summed E-state index contributed by atoms with van der Waals surface area (Å²) in [7, 11) is 0. The van der Waals surface area contributed by atoms with Crippen molar-refractivity contribution in [2.75, 3.05) is 6.54 Å². The van der Waals surface area contributed by atoms with Gasteiger partial charge in [-0.2, -0.15) is 0 Å². The molecule has 1 saturated heterocycles. The lowest BCUT2D eigenvalue weighted by atomic mass is 9.89. The number of benzene rings is 1. The van der Waals surface area contributed by atoms with Gasteiger partial charge in [0.15, 0.2) is 0 Å². The standard InChI is InChI=1S/C13H17ClN2O/c14-11-4-2-10(3-5-11)6-8-13(12(15)17)7-1-9-16-13/h2-5,16H,1,6-9H2,(H2,15,17). The lowest BCUT2D eigenvalue weighted by Crippen LogP contribution is -2.51. The van der Waals surface area contributed by atoms with Crippen LogP contribution in [0.4, 0.5) is 0 Å². The number of rotatable bonds is 4. The Balaban J connectivity index is 2.00. The smallest absolute Gasteiger partial charge is 0.237 e. The van der Waals surface area contributed by atoms with E-state index >= 15 is 0 Å². The van der Waals surface area contributed by atoms with Crippen molar-refractivity contribution in [3.05, 3.63) is 34.9 Å². The predicted molar refractivity (Wildman–Crippen MR) is 68.9 cm³/mol. The lowest BCUT2D eigenvalue weighted by molar-refractivity contribution is -0.124. The number of carbonyl (C=O) groups excluding carboxylic acids is 1. The second-order valence-corrected chi connectivity index (χ2v) is 5.04. The number of amides is 1. The van der Waals surface area contributed by atoms with Crippen LogP contribution in [0.15, 0.2) is 24.3 Å². The molecular weight excluding hydrogens is 236 g/mol. The molecule has 0 aromatic heterocycles. The zero-order valence-corrected chi connectivity index (χ0v) is 10.5. The van der Waals surface area contributed by atoms with Gasteiger partial charge in [-0.1, -0.05) is 23.7 Å². The van der Waals surface area contributed by atoms with E-state index in [-0.39, 0.29) is 5.91 Å². The number of nitrogens with two attached hydrogens (primary N) is 1. The molecular formula is C13H17ClN2O. The quantitative estimate of drug-likeness (QED) is 0.860. The summed E-state index contributed by atoms with van der Waals surface area (Å²) in [6.45, 7) is 0.879. The third-order valence-electron chi connectivity index (χ3n) is 3.47. The van der Waals surface area contributed by atoms with Gasteiger partial charge in [0.05, 0.1) is 5.54 Å². The van der Waals surface area contributed by atoms with E-state index < -0.39 is 5.54 Å². The summed E-state index contributed by atoms with van der Waals surface area (Å²) in [6, 6.07) is 7.73. The molecule has 1 fully saturated rings. The molecule has 1 unspecified atom stereocenters. The zero-order valence-electron chi connectivity index (χ0n) is 9.71. The van der Waals surface area contributed by atoms with Crippen LogP contribution >= 0.6 is 11.6 Å². The van der Waals surface area contributed by atoms with Gasteiger partial charge < -0.3 is 11.1 Å². The maximum Gasteiger partial charge on any atom is 0.237 e. The van der Waals surface area contributed by atoms with Crippen LogP contribution in [-0.2, 0) is 11.2 Å². The van der Waals surface area contributed by atoms with Gasteiger partial charge in [0, 0.05) is 5.02 Å². The Morgan fingerprint density at radius 1 is 1.41 bits per heavy atom. The van der Waals surface area contributed by atoms with Crippen molar-refractivity contribution >= 4 is 17.5 Å². The number of aryl methyl sites for hydroxylation is 1. The fourth-order valence-corrected chi connectivity index (χ4v) is 2.49. The Hall–Kier alpha value is -1.06. The molecule has 0 aliphatic carbocycles. The molecule has 0 radical (unpaired) electrons. The summed E-state index contributed by atoms with van der Waals surface area (Å²) < 4.78 is 0. The number of halogens is 1. The molecule has 4 heteroatoms. The summed E-state index contributed by atoms with van der Waals surface area (Å²) in [5.41, 5.74) is 6.18. The Bertz CT molecular complexity index is 396. The minimum Gasteiger partial charge on any atom is -0.368 e. The maximum atomic E-state index is 11.5. The highest BCUT2D eigenvalue weighted by Gasteiger charge is 2.38. The maximum absolute atomic E-state index is 11.5. The van der Waals surface area contributed by atoms with Crippen LogP contribution in [0.25, 0.3) is 0 Å². The van der Waals surface area contributed by atoms with Crippen molar-refractivity contribution in [3.63, 3.8) is 0 Å². The highest BCUT2D eigenvalue weighted by molar-refractivity contribution is 6.30. The van der Waals surface area contributed by atoms with Gasteiger partial charge >= 0.3 is 0 Å². The third kappa shape index (κ3) is 2.79. The van der Waals surface area contributed by atoms with Crippen molar-refractivity contribution in [1.29, 1.82) is 0 Å². The van der Waals surface area contributed by atoms with E-state index in [9.17, 15) is 4.79 Å². The molecule has 0 saturated carbocycles. The molecule has 17 heavy (non-hydrogen) atoms. The van der Waals surface area contributed by atoms with Gasteiger partial charge in [-0.15, -0.1) is 0 Å². The van der Waals surface area contributed by atoms with Gasteiger partial charge in [-0.05, 0) is 49.9 Å². The van der Waals surface area contributed by atoms with E-state index in [1.165, 1.54) is 5.56 Å². The van der Waals surface area contributed by atoms with Crippen LogP contribution in [0, 0.1) is 0 Å². The molecule has 1 heterocycles. The molecule has 1 aromatic carbocycles.